The lowest BCUT2D eigenvalue weighted by molar-refractivity contribution is 0.413. The van der Waals surface area contributed by atoms with Gasteiger partial charge in [0, 0.05) is 11.1 Å². The van der Waals surface area contributed by atoms with Crippen LogP contribution in [0, 0.1) is 31.0 Å². The van der Waals surface area contributed by atoms with Gasteiger partial charge in [0.15, 0.2) is 0 Å². The minimum atomic E-state index is -0.514. The van der Waals surface area contributed by atoms with Crippen LogP contribution in [0.4, 0.5) is 4.39 Å². The van der Waals surface area contributed by atoms with Crippen LogP contribution in [0.2, 0.25) is 0 Å². The van der Waals surface area contributed by atoms with Crippen LogP contribution < -0.4 is 4.74 Å². The van der Waals surface area contributed by atoms with Crippen LogP contribution in [0.3, 0.4) is 0 Å². The molecule has 0 radical (unpaired) electrons. The van der Waals surface area contributed by atoms with Gasteiger partial charge in [-0.15, -0.1) is 0 Å². The molecule has 0 heterocycles. The van der Waals surface area contributed by atoms with Crippen molar-refractivity contribution in [2.45, 2.75) is 13.8 Å². The number of methoxy groups -OCH3 is 1. The highest BCUT2D eigenvalue weighted by atomic mass is 19.1. The van der Waals surface area contributed by atoms with Gasteiger partial charge in [0.2, 0.25) is 0 Å². The molecule has 0 aliphatic rings. The first-order chi connectivity index (χ1) is 9.10. The van der Waals surface area contributed by atoms with E-state index in [0.29, 0.717) is 11.3 Å². The van der Waals surface area contributed by atoms with Crippen molar-refractivity contribution in [3.63, 3.8) is 0 Å². The molecule has 3 heteroatoms. The van der Waals surface area contributed by atoms with Gasteiger partial charge >= 0.3 is 0 Å². The first-order valence-corrected chi connectivity index (χ1v) is 5.93. The van der Waals surface area contributed by atoms with E-state index >= 15 is 0 Å². The van der Waals surface area contributed by atoms with E-state index < -0.39 is 5.82 Å². The molecule has 0 bridgehead atoms. The minimum absolute atomic E-state index is 0.0454. The quantitative estimate of drug-likeness (QED) is 0.812. The maximum absolute atomic E-state index is 13.7. The molecule has 0 aliphatic carbocycles. The Morgan fingerprint density at radius 1 is 1.11 bits per heavy atom. The Labute approximate surface area is 112 Å². The highest BCUT2D eigenvalue weighted by Gasteiger charge is 2.15. The molecule has 0 saturated carbocycles. The number of rotatable bonds is 2. The zero-order valence-corrected chi connectivity index (χ0v) is 11.1. The third-order valence-corrected chi connectivity index (χ3v) is 3.30. The van der Waals surface area contributed by atoms with Gasteiger partial charge in [-0.05, 0) is 31.0 Å². The molecule has 2 nitrogen and oxygen atoms in total. The molecule has 0 unspecified atom stereocenters. The van der Waals surface area contributed by atoms with Crippen molar-refractivity contribution in [2.24, 2.45) is 0 Å². The molecule has 19 heavy (non-hydrogen) atoms. The fraction of sp³-hybridized carbons (Fsp3) is 0.188. The SMILES string of the molecule is COc1c(-c2cccc(F)c2C#N)ccc(C)c1C. The molecule has 96 valence electrons. The molecule has 2 aromatic carbocycles. The van der Waals surface area contributed by atoms with E-state index in [4.69, 9.17) is 10.00 Å². The first-order valence-electron chi connectivity index (χ1n) is 5.93. The number of hydrogen-bond donors (Lipinski definition) is 0. The van der Waals surface area contributed by atoms with Gasteiger partial charge in [0.25, 0.3) is 0 Å². The highest BCUT2D eigenvalue weighted by Crippen LogP contribution is 2.36. The predicted octanol–water partition coefficient (Wildman–Crippen LogP) is 3.99. The summed E-state index contributed by atoms with van der Waals surface area (Å²) in [6, 6.07) is 10.3. The van der Waals surface area contributed by atoms with Gasteiger partial charge in [-0.25, -0.2) is 4.39 Å². The third kappa shape index (κ3) is 2.17. The Kier molecular flexibility index (Phi) is 3.52. The van der Waals surface area contributed by atoms with Crippen molar-refractivity contribution < 1.29 is 9.13 Å². The summed E-state index contributed by atoms with van der Waals surface area (Å²) in [7, 11) is 1.58. The zero-order valence-electron chi connectivity index (χ0n) is 11.1. The maximum atomic E-state index is 13.7. The van der Waals surface area contributed by atoms with E-state index in [1.807, 2.05) is 32.0 Å². The van der Waals surface area contributed by atoms with Crippen LogP contribution in [0.5, 0.6) is 5.75 Å². The lowest BCUT2D eigenvalue weighted by Gasteiger charge is -2.14. The predicted molar refractivity (Wildman–Crippen MR) is 72.6 cm³/mol. The molecule has 0 aliphatic heterocycles. The summed E-state index contributed by atoms with van der Waals surface area (Å²) >= 11 is 0. The fourth-order valence-electron chi connectivity index (χ4n) is 2.13. The largest absolute Gasteiger partial charge is 0.496 e. The minimum Gasteiger partial charge on any atom is -0.496 e. The number of benzene rings is 2. The average molecular weight is 255 g/mol. The summed E-state index contributed by atoms with van der Waals surface area (Å²) in [4.78, 5) is 0. The van der Waals surface area contributed by atoms with Crippen molar-refractivity contribution in [3.05, 3.63) is 52.8 Å². The first kappa shape index (κ1) is 13.1. The second-order valence-corrected chi connectivity index (χ2v) is 4.36. The summed E-state index contributed by atoms with van der Waals surface area (Å²) in [6.07, 6.45) is 0. The molecule has 0 amide bonds. The molecular formula is C16H14FNO. The topological polar surface area (TPSA) is 33.0 Å². The normalized spacial score (nSPS) is 10.1. The molecule has 0 aromatic heterocycles. The zero-order chi connectivity index (χ0) is 14.0. The van der Waals surface area contributed by atoms with Crippen LogP contribution in [0.25, 0.3) is 11.1 Å². The molecule has 0 saturated heterocycles. The van der Waals surface area contributed by atoms with Gasteiger partial charge in [-0.3, -0.25) is 0 Å². The molecular weight excluding hydrogens is 241 g/mol. The number of halogens is 1. The smallest absolute Gasteiger partial charge is 0.141 e. The Bertz CT molecular complexity index is 671. The molecule has 2 aromatic rings. The van der Waals surface area contributed by atoms with E-state index in [9.17, 15) is 4.39 Å². The van der Waals surface area contributed by atoms with E-state index in [-0.39, 0.29) is 5.56 Å². The highest BCUT2D eigenvalue weighted by molar-refractivity contribution is 5.77. The number of hydrogen-bond acceptors (Lipinski definition) is 2. The van der Waals surface area contributed by atoms with Gasteiger partial charge in [-0.2, -0.15) is 5.26 Å². The Morgan fingerprint density at radius 3 is 2.47 bits per heavy atom. The number of nitriles is 1. The molecule has 0 atom stereocenters. The Hall–Kier alpha value is -2.34. The van der Waals surface area contributed by atoms with E-state index in [0.717, 1.165) is 16.7 Å². The Balaban J connectivity index is 2.77. The van der Waals surface area contributed by atoms with Crippen molar-refractivity contribution in [3.8, 4) is 22.9 Å². The average Bonchev–Trinajstić information content (AvgIpc) is 2.41. The van der Waals surface area contributed by atoms with E-state index in [1.165, 1.54) is 6.07 Å². The number of nitrogens with zero attached hydrogens (tertiary/aromatic N) is 1. The van der Waals surface area contributed by atoms with E-state index in [1.54, 1.807) is 19.2 Å². The molecule has 0 N–H and O–H groups in total. The van der Waals surface area contributed by atoms with Gasteiger partial charge < -0.3 is 4.74 Å². The van der Waals surface area contributed by atoms with Gasteiger partial charge in [0.1, 0.15) is 17.6 Å². The molecule has 0 spiro atoms. The van der Waals surface area contributed by atoms with Crippen molar-refractivity contribution in [2.75, 3.05) is 7.11 Å². The monoisotopic (exact) mass is 255 g/mol. The summed E-state index contributed by atoms with van der Waals surface area (Å²) in [5.74, 6) is 0.169. The van der Waals surface area contributed by atoms with Crippen molar-refractivity contribution in [1.29, 1.82) is 5.26 Å². The van der Waals surface area contributed by atoms with Crippen LogP contribution in [-0.2, 0) is 0 Å². The van der Waals surface area contributed by atoms with Crippen LogP contribution in [0.1, 0.15) is 16.7 Å². The second-order valence-electron chi connectivity index (χ2n) is 4.36. The summed E-state index contributed by atoms with van der Waals surface area (Å²) < 4.78 is 19.1. The van der Waals surface area contributed by atoms with Crippen molar-refractivity contribution in [1.82, 2.24) is 0 Å². The summed E-state index contributed by atoms with van der Waals surface area (Å²) in [5, 5.41) is 9.12. The third-order valence-electron chi connectivity index (χ3n) is 3.30. The maximum Gasteiger partial charge on any atom is 0.141 e. The van der Waals surface area contributed by atoms with Crippen molar-refractivity contribution >= 4 is 0 Å². The van der Waals surface area contributed by atoms with Gasteiger partial charge in [0.05, 0.1) is 12.7 Å². The van der Waals surface area contributed by atoms with Gasteiger partial charge in [-0.1, -0.05) is 24.3 Å². The molecule has 2 rings (SSSR count). The second kappa shape index (κ2) is 5.11. The lowest BCUT2D eigenvalue weighted by Crippen LogP contribution is -1.96. The fourth-order valence-corrected chi connectivity index (χ4v) is 2.13. The summed E-state index contributed by atoms with van der Waals surface area (Å²) in [6.45, 7) is 3.93. The Morgan fingerprint density at radius 2 is 1.84 bits per heavy atom. The van der Waals surface area contributed by atoms with Crippen LogP contribution >= 0.6 is 0 Å². The standard InChI is InChI=1S/C16H14FNO/c1-10-7-8-13(16(19-3)11(10)2)12-5-4-6-15(17)14(12)9-18/h4-8H,1-3H3. The van der Waals surface area contributed by atoms with Crippen LogP contribution in [0.15, 0.2) is 30.3 Å². The summed E-state index contributed by atoms with van der Waals surface area (Å²) in [5.41, 5.74) is 3.43. The lowest BCUT2D eigenvalue weighted by atomic mass is 9.95. The number of aryl methyl sites for hydroxylation is 1. The van der Waals surface area contributed by atoms with Crippen LogP contribution in [-0.4, -0.2) is 7.11 Å². The van der Waals surface area contributed by atoms with E-state index in [2.05, 4.69) is 0 Å². The molecule has 0 fully saturated rings. The number of ether oxygens (including phenoxy) is 1.